The lowest BCUT2D eigenvalue weighted by Crippen LogP contribution is -2.16. The normalized spacial score (nSPS) is 12.3. The van der Waals surface area contributed by atoms with Crippen molar-refractivity contribution < 1.29 is 13.6 Å². The molecular formula is C12H12F2N2OS. The van der Waals surface area contributed by atoms with E-state index in [0.717, 1.165) is 23.8 Å². The van der Waals surface area contributed by atoms with Crippen LogP contribution in [0.3, 0.4) is 0 Å². The van der Waals surface area contributed by atoms with Crippen LogP contribution in [0.5, 0.6) is 0 Å². The van der Waals surface area contributed by atoms with E-state index in [4.69, 9.17) is 0 Å². The molecule has 1 aromatic carbocycles. The van der Waals surface area contributed by atoms with Crippen molar-refractivity contribution in [2.75, 3.05) is 0 Å². The minimum Gasteiger partial charge on any atom is -0.314 e. The summed E-state index contributed by atoms with van der Waals surface area (Å²) in [6.07, 6.45) is 0.772. The quantitative estimate of drug-likeness (QED) is 0.826. The van der Waals surface area contributed by atoms with E-state index in [1.807, 2.05) is 6.92 Å². The Morgan fingerprint density at radius 1 is 1.44 bits per heavy atom. The first-order valence-corrected chi connectivity index (χ1v) is 6.38. The number of carbonyl (C=O) groups is 1. The van der Waals surface area contributed by atoms with Crippen molar-refractivity contribution in [1.82, 2.24) is 4.57 Å². The number of hydrogen-bond acceptors (Lipinski definition) is 2. The summed E-state index contributed by atoms with van der Waals surface area (Å²) < 4.78 is 29.0. The average molecular weight is 270 g/mol. The third-order valence-electron chi connectivity index (χ3n) is 2.40. The summed E-state index contributed by atoms with van der Waals surface area (Å²) in [5.74, 6) is -1.61. The zero-order valence-corrected chi connectivity index (χ0v) is 10.9. The summed E-state index contributed by atoms with van der Waals surface area (Å²) in [7, 11) is 0. The summed E-state index contributed by atoms with van der Waals surface area (Å²) >= 11 is 1.12. The van der Waals surface area contributed by atoms with Crippen LogP contribution in [-0.4, -0.2) is 10.5 Å². The number of aromatic nitrogens is 1. The second kappa shape index (κ2) is 4.97. The molecule has 2 rings (SSSR count). The molecule has 1 aromatic heterocycles. The van der Waals surface area contributed by atoms with Crippen LogP contribution in [0.2, 0.25) is 0 Å². The van der Waals surface area contributed by atoms with E-state index < -0.39 is 11.6 Å². The van der Waals surface area contributed by atoms with Crippen molar-refractivity contribution in [2.24, 2.45) is 4.99 Å². The summed E-state index contributed by atoms with van der Waals surface area (Å²) in [4.78, 5) is 15.3. The van der Waals surface area contributed by atoms with Crippen molar-refractivity contribution in [3.63, 3.8) is 0 Å². The highest BCUT2D eigenvalue weighted by Crippen LogP contribution is 2.22. The first kappa shape index (κ1) is 12.9. The molecule has 0 aliphatic carbocycles. The number of amides is 1. The maximum absolute atomic E-state index is 13.8. The first-order chi connectivity index (χ1) is 8.52. The molecule has 0 N–H and O–H groups in total. The van der Waals surface area contributed by atoms with Gasteiger partial charge in [0.1, 0.15) is 5.82 Å². The lowest BCUT2D eigenvalue weighted by molar-refractivity contribution is -0.116. The Bertz CT molecular complexity index is 673. The van der Waals surface area contributed by atoms with E-state index in [1.54, 1.807) is 4.57 Å². The van der Waals surface area contributed by atoms with Crippen LogP contribution in [0.15, 0.2) is 17.1 Å². The Kier molecular flexibility index (Phi) is 3.56. The number of halogens is 2. The van der Waals surface area contributed by atoms with Gasteiger partial charge in [-0.3, -0.25) is 4.79 Å². The van der Waals surface area contributed by atoms with Crippen molar-refractivity contribution in [3.05, 3.63) is 28.6 Å². The molecule has 3 nitrogen and oxygen atoms in total. The molecule has 0 radical (unpaired) electrons. The second-order valence-electron chi connectivity index (χ2n) is 3.90. The zero-order valence-electron chi connectivity index (χ0n) is 10.0. The molecule has 0 aliphatic heterocycles. The molecule has 1 heterocycles. The van der Waals surface area contributed by atoms with Gasteiger partial charge in [0.25, 0.3) is 0 Å². The lowest BCUT2D eigenvalue weighted by Gasteiger charge is -2.03. The number of benzene rings is 1. The SMILES string of the molecule is CCCn1c(=NC(C)=O)sc2cc(F)cc(F)c21. The number of hydrogen-bond donors (Lipinski definition) is 0. The molecule has 0 aliphatic rings. The molecule has 1 amide bonds. The van der Waals surface area contributed by atoms with Crippen LogP contribution in [0.25, 0.3) is 10.2 Å². The van der Waals surface area contributed by atoms with Gasteiger partial charge in [-0.15, -0.1) is 0 Å². The minimum absolute atomic E-state index is 0.309. The maximum atomic E-state index is 13.8. The Hall–Kier alpha value is -1.56. The molecule has 0 fully saturated rings. The molecule has 0 atom stereocenters. The molecule has 0 spiro atoms. The Morgan fingerprint density at radius 2 is 2.17 bits per heavy atom. The van der Waals surface area contributed by atoms with E-state index in [2.05, 4.69) is 4.99 Å². The van der Waals surface area contributed by atoms with Crippen LogP contribution in [0.1, 0.15) is 20.3 Å². The smallest absolute Gasteiger partial charge is 0.245 e. The van der Waals surface area contributed by atoms with E-state index in [1.165, 1.54) is 13.0 Å². The van der Waals surface area contributed by atoms with Gasteiger partial charge in [-0.05, 0) is 12.5 Å². The fourth-order valence-electron chi connectivity index (χ4n) is 1.78. The number of thiazole rings is 1. The highest BCUT2D eigenvalue weighted by atomic mass is 32.1. The van der Waals surface area contributed by atoms with Crippen LogP contribution in [0, 0.1) is 11.6 Å². The molecule has 2 aromatic rings. The summed E-state index contributed by atoms with van der Waals surface area (Å²) in [5, 5.41) is 0. The number of aryl methyl sites for hydroxylation is 1. The van der Waals surface area contributed by atoms with Gasteiger partial charge in [-0.1, -0.05) is 18.3 Å². The Labute approximate surface area is 106 Å². The fourth-order valence-corrected chi connectivity index (χ4v) is 2.92. The van der Waals surface area contributed by atoms with Crippen LogP contribution >= 0.6 is 11.3 Å². The highest BCUT2D eigenvalue weighted by Gasteiger charge is 2.12. The zero-order chi connectivity index (χ0) is 13.3. The number of fused-ring (bicyclic) bond motifs is 1. The predicted molar refractivity (Wildman–Crippen MR) is 66.3 cm³/mol. The molecule has 96 valence electrons. The van der Waals surface area contributed by atoms with Gasteiger partial charge in [-0.25, -0.2) is 8.78 Å². The standard InChI is InChI=1S/C12H12F2N2OS/c1-3-4-16-11-9(14)5-8(13)6-10(11)18-12(16)15-7(2)17/h5-6H,3-4H2,1-2H3. The van der Waals surface area contributed by atoms with Crippen LogP contribution in [0.4, 0.5) is 8.78 Å². The monoisotopic (exact) mass is 270 g/mol. The van der Waals surface area contributed by atoms with Gasteiger partial charge < -0.3 is 4.57 Å². The third kappa shape index (κ3) is 2.33. The van der Waals surface area contributed by atoms with E-state index in [-0.39, 0.29) is 5.91 Å². The van der Waals surface area contributed by atoms with Crippen LogP contribution in [-0.2, 0) is 11.3 Å². The Morgan fingerprint density at radius 3 is 2.78 bits per heavy atom. The first-order valence-electron chi connectivity index (χ1n) is 5.56. The highest BCUT2D eigenvalue weighted by molar-refractivity contribution is 7.16. The number of carbonyl (C=O) groups excluding carboxylic acids is 1. The Balaban J connectivity index is 2.84. The largest absolute Gasteiger partial charge is 0.314 e. The summed E-state index contributed by atoms with van der Waals surface area (Å²) in [5.41, 5.74) is 0.309. The maximum Gasteiger partial charge on any atom is 0.245 e. The molecular weight excluding hydrogens is 258 g/mol. The van der Waals surface area contributed by atoms with Gasteiger partial charge >= 0.3 is 0 Å². The topological polar surface area (TPSA) is 34.4 Å². The average Bonchev–Trinajstić information content (AvgIpc) is 2.56. The number of nitrogens with zero attached hydrogens (tertiary/aromatic N) is 2. The number of rotatable bonds is 2. The summed E-state index contributed by atoms with van der Waals surface area (Å²) in [6, 6.07) is 2.10. The molecule has 0 saturated heterocycles. The van der Waals surface area contributed by atoms with Gasteiger partial charge in [-0.2, -0.15) is 4.99 Å². The minimum atomic E-state index is -0.626. The van der Waals surface area contributed by atoms with Crippen molar-refractivity contribution >= 4 is 27.5 Å². The van der Waals surface area contributed by atoms with Crippen molar-refractivity contribution in [3.8, 4) is 0 Å². The van der Waals surface area contributed by atoms with Gasteiger partial charge in [0.2, 0.25) is 5.91 Å². The van der Waals surface area contributed by atoms with Crippen molar-refractivity contribution in [1.29, 1.82) is 0 Å². The van der Waals surface area contributed by atoms with Crippen LogP contribution < -0.4 is 4.80 Å². The molecule has 0 saturated carbocycles. The lowest BCUT2D eigenvalue weighted by atomic mass is 10.3. The third-order valence-corrected chi connectivity index (χ3v) is 3.42. The van der Waals surface area contributed by atoms with E-state index >= 15 is 0 Å². The van der Waals surface area contributed by atoms with Gasteiger partial charge in [0, 0.05) is 19.5 Å². The summed E-state index contributed by atoms with van der Waals surface area (Å²) in [6.45, 7) is 3.81. The van der Waals surface area contributed by atoms with Gasteiger partial charge in [0.05, 0.1) is 10.2 Å². The molecule has 18 heavy (non-hydrogen) atoms. The molecule has 0 bridgehead atoms. The van der Waals surface area contributed by atoms with E-state index in [9.17, 15) is 13.6 Å². The van der Waals surface area contributed by atoms with Gasteiger partial charge in [0.15, 0.2) is 10.6 Å². The van der Waals surface area contributed by atoms with Crippen molar-refractivity contribution in [2.45, 2.75) is 26.8 Å². The molecule has 0 unspecified atom stereocenters. The molecule has 6 heteroatoms. The fraction of sp³-hybridized carbons (Fsp3) is 0.333. The van der Waals surface area contributed by atoms with E-state index in [0.29, 0.717) is 21.6 Å². The predicted octanol–water partition coefficient (Wildman–Crippen LogP) is 2.84. The second-order valence-corrected chi connectivity index (χ2v) is 4.91.